The molecule has 0 amide bonds. The fourth-order valence-corrected chi connectivity index (χ4v) is 2.43. The maximum absolute atomic E-state index is 12.9. The van der Waals surface area contributed by atoms with Gasteiger partial charge in [-0.3, -0.25) is 0 Å². The molecule has 3 unspecified atom stereocenters. The van der Waals surface area contributed by atoms with E-state index in [9.17, 15) is 4.39 Å². The van der Waals surface area contributed by atoms with Crippen LogP contribution in [0, 0.1) is 17.7 Å². The molecule has 1 saturated heterocycles. The first-order chi connectivity index (χ1) is 10.8. The van der Waals surface area contributed by atoms with Crippen LogP contribution in [0.1, 0.15) is 32.1 Å². The average molecular weight is 324 g/mol. The van der Waals surface area contributed by atoms with E-state index in [0.717, 1.165) is 25.7 Å². The highest BCUT2D eigenvalue weighted by molar-refractivity contribution is 7.09. The molecule has 1 heterocycles. The molecule has 2 rings (SSSR count). The molecule has 3 nitrogen and oxygen atoms in total. The van der Waals surface area contributed by atoms with Gasteiger partial charge in [0.05, 0.1) is 12.7 Å². The summed E-state index contributed by atoms with van der Waals surface area (Å²) in [7, 11) is 2.22. The molecule has 0 aliphatic carbocycles. The van der Waals surface area contributed by atoms with Crippen molar-refractivity contribution in [3.63, 3.8) is 0 Å². The van der Waals surface area contributed by atoms with E-state index in [2.05, 4.69) is 21.3 Å². The second-order valence-electron chi connectivity index (χ2n) is 5.24. The number of halogens is 1. The van der Waals surface area contributed by atoms with Crippen LogP contribution < -0.4 is 4.74 Å². The van der Waals surface area contributed by atoms with Crippen molar-refractivity contribution < 1.29 is 18.4 Å². The second-order valence-corrected chi connectivity index (χ2v) is 5.57. The third-order valence-corrected chi connectivity index (χ3v) is 3.69. The van der Waals surface area contributed by atoms with Gasteiger partial charge in [-0.05, 0) is 43.5 Å². The van der Waals surface area contributed by atoms with E-state index >= 15 is 0 Å². The molecule has 0 radical (unpaired) electrons. The van der Waals surface area contributed by atoms with Gasteiger partial charge >= 0.3 is 0 Å². The third kappa shape index (κ3) is 6.32. The minimum absolute atomic E-state index is 0.0323. The number of benzene rings is 1. The van der Waals surface area contributed by atoms with E-state index in [1.807, 2.05) is 0 Å². The Bertz CT molecular complexity index is 495. The molecular formula is C17H22FO3P. The van der Waals surface area contributed by atoms with Gasteiger partial charge < -0.3 is 14.0 Å². The topological polar surface area (TPSA) is 27.7 Å². The summed E-state index contributed by atoms with van der Waals surface area (Å²) in [6.07, 6.45) is 4.87. The van der Waals surface area contributed by atoms with Gasteiger partial charge in [-0.1, -0.05) is 18.3 Å². The standard InChI is InChI=1S/C17H22FO3P/c18-14-8-10-15(11-9-14)19-13-17-7-2-1-5-16(21-17)6-3-4-12-20-22/h8-11,16-17H,1-2,4-5,7,12-13,22H2. The summed E-state index contributed by atoms with van der Waals surface area (Å²) < 4.78 is 29.5. The highest BCUT2D eigenvalue weighted by Crippen LogP contribution is 2.20. The predicted molar refractivity (Wildman–Crippen MR) is 87.1 cm³/mol. The molecule has 0 aromatic heterocycles. The zero-order valence-corrected chi connectivity index (χ0v) is 13.7. The normalized spacial score (nSPS) is 21.5. The summed E-state index contributed by atoms with van der Waals surface area (Å²) in [5, 5.41) is 0. The van der Waals surface area contributed by atoms with Crippen LogP contribution in [0.3, 0.4) is 0 Å². The monoisotopic (exact) mass is 324 g/mol. The van der Waals surface area contributed by atoms with Crippen molar-refractivity contribution in [1.82, 2.24) is 0 Å². The second kappa shape index (κ2) is 9.79. The number of rotatable bonds is 5. The van der Waals surface area contributed by atoms with Crippen molar-refractivity contribution in [2.45, 2.75) is 44.3 Å². The lowest BCUT2D eigenvalue weighted by atomic mass is 10.1. The molecule has 0 saturated carbocycles. The molecule has 1 aliphatic rings. The van der Waals surface area contributed by atoms with E-state index in [0.29, 0.717) is 25.4 Å². The molecule has 0 bridgehead atoms. The molecule has 1 fully saturated rings. The van der Waals surface area contributed by atoms with Gasteiger partial charge in [0.2, 0.25) is 0 Å². The summed E-state index contributed by atoms with van der Waals surface area (Å²) in [6, 6.07) is 6.05. The van der Waals surface area contributed by atoms with Gasteiger partial charge in [0.15, 0.2) is 0 Å². The molecule has 22 heavy (non-hydrogen) atoms. The van der Waals surface area contributed by atoms with Crippen molar-refractivity contribution in [3.8, 4) is 17.6 Å². The Balaban J connectivity index is 1.81. The largest absolute Gasteiger partial charge is 0.491 e. The molecule has 1 aliphatic heterocycles. The highest BCUT2D eigenvalue weighted by Gasteiger charge is 2.19. The maximum Gasteiger partial charge on any atom is 0.123 e. The van der Waals surface area contributed by atoms with Crippen LogP contribution in [0.5, 0.6) is 5.75 Å². The number of hydrogen-bond donors (Lipinski definition) is 0. The first-order valence-corrected chi connectivity index (χ1v) is 8.09. The smallest absolute Gasteiger partial charge is 0.123 e. The van der Waals surface area contributed by atoms with Crippen molar-refractivity contribution in [3.05, 3.63) is 30.1 Å². The molecule has 120 valence electrons. The minimum atomic E-state index is -0.261. The van der Waals surface area contributed by atoms with E-state index in [4.69, 9.17) is 14.0 Å². The van der Waals surface area contributed by atoms with Gasteiger partial charge in [0, 0.05) is 15.9 Å². The molecule has 1 aromatic carbocycles. The number of ether oxygens (including phenoxy) is 2. The SMILES string of the molecule is Fc1ccc(OCC2CCCCC(C#CCCOP)O2)cc1. The fraction of sp³-hybridized carbons (Fsp3) is 0.529. The number of hydrogen-bond acceptors (Lipinski definition) is 3. The molecule has 5 heteroatoms. The zero-order chi connectivity index (χ0) is 15.6. The fourth-order valence-electron chi connectivity index (χ4n) is 2.31. The Morgan fingerprint density at radius 1 is 1.23 bits per heavy atom. The molecular weight excluding hydrogens is 302 g/mol. The van der Waals surface area contributed by atoms with Gasteiger partial charge in [-0.2, -0.15) is 0 Å². The van der Waals surface area contributed by atoms with E-state index in [-0.39, 0.29) is 18.0 Å². The van der Waals surface area contributed by atoms with Crippen molar-refractivity contribution in [2.75, 3.05) is 13.2 Å². The van der Waals surface area contributed by atoms with E-state index in [1.54, 1.807) is 12.1 Å². The lowest BCUT2D eigenvalue weighted by Gasteiger charge is -2.19. The Labute approximate surface area is 133 Å². The van der Waals surface area contributed by atoms with Crippen LogP contribution in [-0.2, 0) is 9.26 Å². The van der Waals surface area contributed by atoms with Gasteiger partial charge in [0.1, 0.15) is 24.3 Å². The maximum atomic E-state index is 12.9. The Morgan fingerprint density at radius 3 is 2.77 bits per heavy atom. The summed E-state index contributed by atoms with van der Waals surface area (Å²) in [5.41, 5.74) is 0. The summed E-state index contributed by atoms with van der Waals surface area (Å²) in [4.78, 5) is 0. The predicted octanol–water partition coefficient (Wildman–Crippen LogP) is 3.73. The van der Waals surface area contributed by atoms with E-state index in [1.165, 1.54) is 12.1 Å². The van der Waals surface area contributed by atoms with Crippen molar-refractivity contribution in [1.29, 1.82) is 0 Å². The lowest BCUT2D eigenvalue weighted by Crippen LogP contribution is -2.25. The first-order valence-electron chi connectivity index (χ1n) is 7.62. The van der Waals surface area contributed by atoms with Crippen LogP contribution in [-0.4, -0.2) is 25.4 Å². The zero-order valence-electron chi connectivity index (χ0n) is 12.6. The molecule has 3 atom stereocenters. The summed E-state index contributed by atoms with van der Waals surface area (Å²) in [5.74, 6) is 6.65. The quantitative estimate of drug-likeness (QED) is 0.469. The summed E-state index contributed by atoms with van der Waals surface area (Å²) >= 11 is 0. The van der Waals surface area contributed by atoms with Crippen LogP contribution in [0.4, 0.5) is 4.39 Å². The third-order valence-electron chi connectivity index (χ3n) is 3.46. The molecule has 0 spiro atoms. The van der Waals surface area contributed by atoms with Crippen molar-refractivity contribution >= 4 is 9.47 Å². The van der Waals surface area contributed by atoms with Gasteiger partial charge in [0.25, 0.3) is 0 Å². The first kappa shape index (κ1) is 17.2. The van der Waals surface area contributed by atoms with Crippen LogP contribution in [0.15, 0.2) is 24.3 Å². The Kier molecular flexibility index (Phi) is 7.66. The van der Waals surface area contributed by atoms with Crippen molar-refractivity contribution in [2.24, 2.45) is 0 Å². The highest BCUT2D eigenvalue weighted by atomic mass is 31.0. The van der Waals surface area contributed by atoms with Crippen LogP contribution in [0.25, 0.3) is 0 Å². The Hall–Kier alpha value is -1.14. The molecule has 1 aromatic rings. The van der Waals surface area contributed by atoms with Crippen LogP contribution >= 0.6 is 9.47 Å². The average Bonchev–Trinajstić information content (AvgIpc) is 2.76. The van der Waals surface area contributed by atoms with Gasteiger partial charge in [-0.25, -0.2) is 4.39 Å². The van der Waals surface area contributed by atoms with E-state index < -0.39 is 0 Å². The Morgan fingerprint density at radius 2 is 2.00 bits per heavy atom. The lowest BCUT2D eigenvalue weighted by molar-refractivity contribution is -0.00471. The van der Waals surface area contributed by atoms with Gasteiger partial charge in [-0.15, -0.1) is 0 Å². The summed E-state index contributed by atoms with van der Waals surface area (Å²) in [6.45, 7) is 1.08. The minimum Gasteiger partial charge on any atom is -0.491 e. The van der Waals surface area contributed by atoms with Crippen LogP contribution in [0.2, 0.25) is 0 Å². The molecule has 0 N–H and O–H groups in total.